The Morgan fingerprint density at radius 3 is 3.07 bits per heavy atom. The lowest BCUT2D eigenvalue weighted by atomic mass is 10.0. The number of hydrogen-bond acceptors (Lipinski definition) is 4. The van der Waals surface area contributed by atoms with Gasteiger partial charge in [-0.1, -0.05) is 18.2 Å². The van der Waals surface area contributed by atoms with Crippen LogP contribution in [-0.4, -0.2) is 15.9 Å². The lowest BCUT2D eigenvalue weighted by Crippen LogP contribution is -1.99. The molecule has 0 amide bonds. The molecule has 1 atom stereocenters. The van der Waals surface area contributed by atoms with Crippen LogP contribution < -0.4 is 0 Å². The Kier molecular flexibility index (Phi) is 2.18. The fourth-order valence-corrected chi connectivity index (χ4v) is 3.06. The Morgan fingerprint density at radius 2 is 2.27 bits per heavy atom. The molecule has 0 aliphatic carbocycles. The van der Waals surface area contributed by atoms with Crippen molar-refractivity contribution in [2.45, 2.75) is 10.8 Å². The highest BCUT2D eigenvalue weighted by Crippen LogP contribution is 2.42. The lowest BCUT2D eigenvalue weighted by molar-refractivity contribution is 0.371. The van der Waals surface area contributed by atoms with Crippen molar-refractivity contribution in [1.82, 2.24) is 10.1 Å². The fraction of sp³-hybridized carbons (Fsp3) is 0.200. The Balaban J connectivity index is 2.04. The standard InChI is InChI=1S/C10H7ClN2OS/c11-10-12-9(14-13-10)7-5-15-8-4-2-1-3-6(7)8/h1-4,7H,5H2. The van der Waals surface area contributed by atoms with Gasteiger partial charge in [0.1, 0.15) is 0 Å². The summed E-state index contributed by atoms with van der Waals surface area (Å²) < 4.78 is 5.10. The number of aromatic nitrogens is 2. The van der Waals surface area contributed by atoms with Crippen molar-refractivity contribution in [2.24, 2.45) is 0 Å². The molecule has 3 nitrogen and oxygen atoms in total. The van der Waals surface area contributed by atoms with Crippen LogP contribution in [0.2, 0.25) is 5.28 Å². The Hall–Kier alpha value is -1.00. The van der Waals surface area contributed by atoms with Gasteiger partial charge in [-0.25, -0.2) is 0 Å². The number of hydrogen-bond donors (Lipinski definition) is 0. The molecule has 15 heavy (non-hydrogen) atoms. The number of fused-ring (bicyclic) bond motifs is 1. The van der Waals surface area contributed by atoms with Gasteiger partial charge in [0.2, 0.25) is 5.89 Å². The minimum absolute atomic E-state index is 0.180. The average molecular weight is 239 g/mol. The molecular weight excluding hydrogens is 232 g/mol. The van der Waals surface area contributed by atoms with Gasteiger partial charge in [-0.05, 0) is 28.4 Å². The maximum atomic E-state index is 5.64. The quantitative estimate of drug-likeness (QED) is 0.766. The zero-order valence-electron chi connectivity index (χ0n) is 7.68. The summed E-state index contributed by atoms with van der Waals surface area (Å²) in [4.78, 5) is 5.35. The van der Waals surface area contributed by atoms with E-state index in [-0.39, 0.29) is 11.2 Å². The summed E-state index contributed by atoms with van der Waals surface area (Å²) in [6.45, 7) is 0. The van der Waals surface area contributed by atoms with Crippen molar-refractivity contribution >= 4 is 23.4 Å². The minimum Gasteiger partial charge on any atom is -0.337 e. The van der Waals surface area contributed by atoms with Crippen LogP contribution >= 0.6 is 23.4 Å². The topological polar surface area (TPSA) is 38.9 Å². The van der Waals surface area contributed by atoms with Gasteiger partial charge in [0.25, 0.3) is 5.28 Å². The molecule has 1 aliphatic heterocycles. The molecule has 0 saturated carbocycles. The van der Waals surface area contributed by atoms with Gasteiger partial charge in [-0.2, -0.15) is 4.98 Å². The van der Waals surface area contributed by atoms with E-state index in [2.05, 4.69) is 22.3 Å². The predicted molar refractivity (Wildman–Crippen MR) is 58.3 cm³/mol. The van der Waals surface area contributed by atoms with E-state index < -0.39 is 0 Å². The summed E-state index contributed by atoms with van der Waals surface area (Å²) in [7, 11) is 0. The second-order valence-electron chi connectivity index (χ2n) is 3.30. The van der Waals surface area contributed by atoms with Crippen LogP contribution in [0.25, 0.3) is 0 Å². The molecule has 1 aliphatic rings. The molecule has 76 valence electrons. The second-order valence-corrected chi connectivity index (χ2v) is 4.70. The van der Waals surface area contributed by atoms with E-state index in [1.54, 1.807) is 0 Å². The van der Waals surface area contributed by atoms with E-state index in [0.29, 0.717) is 5.89 Å². The Morgan fingerprint density at radius 1 is 1.40 bits per heavy atom. The highest BCUT2D eigenvalue weighted by atomic mass is 35.5. The van der Waals surface area contributed by atoms with E-state index in [0.717, 1.165) is 5.75 Å². The summed E-state index contributed by atoms with van der Waals surface area (Å²) in [5, 5.41) is 3.78. The third-order valence-electron chi connectivity index (χ3n) is 2.41. The first-order valence-electron chi connectivity index (χ1n) is 4.55. The predicted octanol–water partition coefficient (Wildman–Crippen LogP) is 2.96. The number of nitrogens with zero attached hydrogens (tertiary/aromatic N) is 2. The van der Waals surface area contributed by atoms with Crippen LogP contribution in [0.3, 0.4) is 0 Å². The summed E-state index contributed by atoms with van der Waals surface area (Å²) in [5.41, 5.74) is 1.25. The smallest absolute Gasteiger partial charge is 0.263 e. The van der Waals surface area contributed by atoms with E-state index in [1.165, 1.54) is 10.5 Å². The Bertz CT molecular complexity index is 500. The highest BCUT2D eigenvalue weighted by Gasteiger charge is 2.28. The molecule has 0 bridgehead atoms. The van der Waals surface area contributed by atoms with Gasteiger partial charge in [-0.3, -0.25) is 0 Å². The number of thioether (sulfide) groups is 1. The van der Waals surface area contributed by atoms with E-state index in [1.807, 2.05) is 23.9 Å². The fourth-order valence-electron chi connectivity index (χ4n) is 1.72. The van der Waals surface area contributed by atoms with Gasteiger partial charge < -0.3 is 4.52 Å². The average Bonchev–Trinajstić information content (AvgIpc) is 2.83. The zero-order chi connectivity index (χ0) is 10.3. The van der Waals surface area contributed by atoms with Crippen LogP contribution in [0.5, 0.6) is 0 Å². The number of rotatable bonds is 1. The van der Waals surface area contributed by atoms with Gasteiger partial charge in [0.05, 0.1) is 5.92 Å². The van der Waals surface area contributed by atoms with Crippen LogP contribution in [-0.2, 0) is 0 Å². The van der Waals surface area contributed by atoms with Crippen molar-refractivity contribution in [2.75, 3.05) is 5.75 Å². The first kappa shape index (κ1) is 9.24. The van der Waals surface area contributed by atoms with Crippen LogP contribution in [0.15, 0.2) is 33.7 Å². The summed E-state index contributed by atoms with van der Waals surface area (Å²) in [6.07, 6.45) is 0. The summed E-state index contributed by atoms with van der Waals surface area (Å²) >= 11 is 7.45. The molecule has 2 heterocycles. The Labute approximate surface area is 95.8 Å². The number of halogens is 1. The highest BCUT2D eigenvalue weighted by molar-refractivity contribution is 7.99. The normalized spacial score (nSPS) is 19.1. The second kappa shape index (κ2) is 3.54. The van der Waals surface area contributed by atoms with Gasteiger partial charge in [0.15, 0.2) is 0 Å². The maximum absolute atomic E-state index is 5.64. The molecule has 2 aromatic rings. The summed E-state index contributed by atoms with van der Waals surface area (Å²) in [5.74, 6) is 1.74. The SMILES string of the molecule is Clc1noc(C2CSc3ccccc32)n1. The van der Waals surface area contributed by atoms with Gasteiger partial charge >= 0.3 is 0 Å². The maximum Gasteiger partial charge on any atom is 0.263 e. The number of benzene rings is 1. The zero-order valence-corrected chi connectivity index (χ0v) is 9.26. The van der Waals surface area contributed by atoms with Crippen LogP contribution in [0.4, 0.5) is 0 Å². The molecule has 1 aromatic carbocycles. The largest absolute Gasteiger partial charge is 0.337 e. The molecule has 0 fully saturated rings. The third-order valence-corrected chi connectivity index (χ3v) is 3.75. The monoisotopic (exact) mass is 238 g/mol. The van der Waals surface area contributed by atoms with Crippen LogP contribution in [0, 0.1) is 0 Å². The molecule has 0 radical (unpaired) electrons. The molecular formula is C10H7ClN2OS. The molecule has 0 N–H and O–H groups in total. The van der Waals surface area contributed by atoms with Gasteiger partial charge in [0, 0.05) is 10.6 Å². The van der Waals surface area contributed by atoms with Crippen molar-refractivity contribution in [3.8, 4) is 0 Å². The minimum atomic E-state index is 0.180. The molecule has 1 aromatic heterocycles. The summed E-state index contributed by atoms with van der Waals surface area (Å²) in [6, 6.07) is 8.26. The van der Waals surface area contributed by atoms with Crippen molar-refractivity contribution in [3.05, 3.63) is 41.0 Å². The first-order valence-corrected chi connectivity index (χ1v) is 5.92. The van der Waals surface area contributed by atoms with Gasteiger partial charge in [-0.15, -0.1) is 11.8 Å². The lowest BCUT2D eigenvalue weighted by Gasteiger charge is -2.03. The molecule has 0 spiro atoms. The van der Waals surface area contributed by atoms with Crippen molar-refractivity contribution in [3.63, 3.8) is 0 Å². The van der Waals surface area contributed by atoms with Crippen molar-refractivity contribution in [1.29, 1.82) is 0 Å². The molecule has 0 saturated heterocycles. The third kappa shape index (κ3) is 1.54. The van der Waals surface area contributed by atoms with E-state index in [4.69, 9.17) is 16.1 Å². The molecule has 5 heteroatoms. The van der Waals surface area contributed by atoms with E-state index in [9.17, 15) is 0 Å². The molecule has 3 rings (SSSR count). The van der Waals surface area contributed by atoms with Crippen molar-refractivity contribution < 1.29 is 4.52 Å². The molecule has 1 unspecified atom stereocenters. The van der Waals surface area contributed by atoms with E-state index >= 15 is 0 Å². The van der Waals surface area contributed by atoms with Crippen LogP contribution in [0.1, 0.15) is 17.4 Å². The first-order chi connectivity index (χ1) is 7.34.